The van der Waals surface area contributed by atoms with Gasteiger partial charge in [0.2, 0.25) is 0 Å². The third-order valence-electron chi connectivity index (χ3n) is 0.532. The van der Waals surface area contributed by atoms with Gasteiger partial charge in [-0.05, 0) is 0 Å². The molecular formula is C4H16O4Rf2Si. The molecule has 0 bridgehead atoms. The number of hydrogen-bond acceptors (Lipinski definition) is 4. The fourth-order valence-corrected chi connectivity index (χ4v) is 0.250. The van der Waals surface area contributed by atoms with Gasteiger partial charge in [0.15, 0.2) is 0 Å². The molecular weight excluding hydrogens is 674 g/mol. The van der Waals surface area contributed by atoms with E-state index < -0.39 is 9.05 Å². The van der Waals surface area contributed by atoms with Crippen molar-refractivity contribution in [2.24, 2.45) is 0 Å². The summed E-state index contributed by atoms with van der Waals surface area (Å²) in [4.78, 5) is 16.8. The third-order valence-corrected chi connectivity index (χ3v) is 1.60. The van der Waals surface area contributed by atoms with Crippen LogP contribution in [0.5, 0.6) is 0 Å². The maximum atomic E-state index is 8.38. The Morgan fingerprint density at radius 2 is 1.09 bits per heavy atom. The molecule has 0 heterocycles. The summed E-state index contributed by atoms with van der Waals surface area (Å²) in [7, 11) is -1.30. The minimum absolute atomic E-state index is 0. The summed E-state index contributed by atoms with van der Waals surface area (Å²) < 4.78 is 8.23. The molecule has 64 valence electrons. The Balaban J connectivity index is -0.0000000300. The van der Waals surface area contributed by atoms with Crippen LogP contribution < -0.4 is 0 Å². The van der Waals surface area contributed by atoms with E-state index >= 15 is 0 Å². The Hall–Kier alpha value is -1.94. The molecule has 4 nitrogen and oxygen atoms in total. The molecule has 0 rings (SSSR count). The van der Waals surface area contributed by atoms with Gasteiger partial charge >= 0.3 is 9.05 Å². The van der Waals surface area contributed by atoms with Crippen LogP contribution in [0.3, 0.4) is 0 Å². The quantitative estimate of drug-likeness (QED) is 0.401. The molecule has 0 amide bonds. The number of hydrogen-bond donors (Lipinski definition) is 2. The van der Waals surface area contributed by atoms with Gasteiger partial charge in [0.05, 0.1) is 0 Å². The Kier molecular flexibility index (Phi) is 35.5. The maximum Gasteiger partial charge on any atom is 0.673 e. The Bertz CT molecular complexity index is 58.1. The topological polar surface area (TPSA) is 58.9 Å². The second kappa shape index (κ2) is 10.9. The van der Waals surface area contributed by atoms with Gasteiger partial charge in [-0.25, -0.2) is 0 Å². The fourth-order valence-electron chi connectivity index (χ4n) is 0.0833. The molecule has 0 unspecified atom stereocenters. The predicted molar refractivity (Wildman–Crippen MR) is 37.7 cm³/mol. The van der Waals surface area contributed by atoms with Gasteiger partial charge in [-0.3, -0.25) is 0 Å². The fraction of sp³-hybridized carbons (Fsp3) is 1.00. The zero-order chi connectivity index (χ0) is 5.91. The van der Waals surface area contributed by atoms with Crippen molar-refractivity contribution < 1.29 is 18.4 Å². The van der Waals surface area contributed by atoms with Crippen LogP contribution in [0, 0.1) is 0 Å². The van der Waals surface area contributed by atoms with Crippen molar-refractivity contribution in [1.82, 2.24) is 0 Å². The van der Waals surface area contributed by atoms with Gasteiger partial charge in [-0.2, -0.15) is 0 Å². The van der Waals surface area contributed by atoms with Crippen LogP contribution in [0.4, 0.5) is 0 Å². The second-order valence-electron chi connectivity index (χ2n) is 0.957. The zero-order valence-corrected chi connectivity index (χ0v) is 19.4. The van der Waals surface area contributed by atoms with Crippen LogP contribution >= 0.6 is 0 Å². The predicted octanol–water partition coefficient (Wildman–Crippen LogP) is -0.0284. The van der Waals surface area contributed by atoms with Gasteiger partial charge in [-0.15, -0.1) is 0 Å². The Morgan fingerprint density at radius 1 is 0.909 bits per heavy atom. The second-order valence-corrected chi connectivity index (χ2v) is 2.87. The summed E-state index contributed by atoms with van der Waals surface area (Å²) in [6.07, 6.45) is 0. The maximum absolute atomic E-state index is 8.38. The molecule has 0 saturated heterocycles. The van der Waals surface area contributed by atoms with Crippen molar-refractivity contribution in [3.8, 4) is 0 Å². The van der Waals surface area contributed by atoms with Crippen molar-refractivity contribution in [3.63, 3.8) is 0 Å². The van der Waals surface area contributed by atoms with Crippen molar-refractivity contribution >= 4 is 9.05 Å². The zero-order valence-electron chi connectivity index (χ0n) is 5.63. The van der Waals surface area contributed by atoms with Crippen molar-refractivity contribution in [2.45, 2.75) is 14.9 Å². The van der Waals surface area contributed by atoms with E-state index in [0.717, 1.165) is 0 Å². The summed E-state index contributed by atoms with van der Waals surface area (Å²) >= 11 is 0. The third kappa shape index (κ3) is 18.0. The number of rotatable bonds is 2. The summed E-state index contributed by atoms with van der Waals surface area (Å²) in [6, 6.07) is 0. The molecule has 0 aliphatic carbocycles. The molecule has 0 spiro atoms. The SMILES string of the molecule is C.C.CO[Si](O)(O)OC.[Rf].[Rf]. The van der Waals surface area contributed by atoms with Crippen LogP contribution in [0.1, 0.15) is 14.9 Å². The minimum atomic E-state index is -3.65. The molecule has 0 aromatic rings. The average molecular weight is 690 g/mol. The molecule has 0 aromatic heterocycles. The first kappa shape index (κ1) is 35.7. The summed E-state index contributed by atoms with van der Waals surface area (Å²) in [5.41, 5.74) is 0. The smallest absolute Gasteiger partial charge is 0.367 e. The molecule has 2 N–H and O–H groups in total. The van der Waals surface area contributed by atoms with Crippen molar-refractivity contribution in [3.05, 3.63) is 0 Å². The van der Waals surface area contributed by atoms with Gasteiger partial charge in [0.1, 0.15) is 0 Å². The Morgan fingerprint density at radius 3 is 1.09 bits per heavy atom. The average Bonchev–Trinajstić information content (AvgIpc) is 1.68. The molecule has 0 atom stereocenters. The molecule has 0 saturated carbocycles. The summed E-state index contributed by atoms with van der Waals surface area (Å²) in [5, 5.41) is 0. The van der Waals surface area contributed by atoms with Crippen LogP contribution in [0.25, 0.3) is 0 Å². The minimum Gasteiger partial charge on any atom is -0.367 e. The van der Waals surface area contributed by atoms with E-state index in [1.165, 1.54) is 14.2 Å². The molecule has 0 aliphatic rings. The van der Waals surface area contributed by atoms with Gasteiger partial charge < -0.3 is 18.4 Å². The van der Waals surface area contributed by atoms with E-state index in [1.54, 1.807) is 0 Å². The van der Waals surface area contributed by atoms with E-state index in [9.17, 15) is 0 Å². The van der Waals surface area contributed by atoms with Crippen LogP contribution in [0.15, 0.2) is 0 Å². The van der Waals surface area contributed by atoms with Crippen LogP contribution in [-0.2, 0) is 8.85 Å². The van der Waals surface area contributed by atoms with Gasteiger partial charge in [0, 0.05) is 14.2 Å². The first-order valence-electron chi connectivity index (χ1n) is 1.67. The van der Waals surface area contributed by atoms with Gasteiger partial charge in [0.25, 0.3) is 0 Å². The van der Waals surface area contributed by atoms with Crippen LogP contribution in [-0.4, -0.2) is 32.9 Å². The van der Waals surface area contributed by atoms with E-state index in [2.05, 4.69) is 8.85 Å². The standard InChI is InChI=1S/C2H8O4Si.2CH4.2Rf/c1-5-7(3,4)6-2;;;;/h3-4H,1-2H3;2*1H4;;. The summed E-state index contributed by atoms with van der Waals surface area (Å²) in [6.45, 7) is 0. The van der Waals surface area contributed by atoms with E-state index in [0.29, 0.717) is 0 Å². The van der Waals surface area contributed by atoms with Crippen molar-refractivity contribution in [2.75, 3.05) is 14.2 Å². The normalized spacial score (nSPS) is 7.64. The molecule has 0 aromatic carbocycles. The molecule has 0 radical (unpaired) electrons. The largest absolute Gasteiger partial charge is 0.673 e. The van der Waals surface area contributed by atoms with E-state index in [4.69, 9.17) is 9.59 Å². The monoisotopic (exact) mass is 690 g/mol. The molecule has 7 heteroatoms. The van der Waals surface area contributed by atoms with E-state index in [1.807, 2.05) is 0 Å². The first-order valence-corrected chi connectivity index (χ1v) is 3.38. The molecule has 11 heavy (non-hydrogen) atoms. The van der Waals surface area contributed by atoms with Gasteiger partial charge in [-0.1, -0.05) is 14.9 Å². The first-order chi connectivity index (χ1) is 3.12. The van der Waals surface area contributed by atoms with Crippen molar-refractivity contribution in [1.29, 1.82) is 0 Å². The molecule has 0 aliphatic heterocycles. The van der Waals surface area contributed by atoms with Crippen LogP contribution in [0.2, 0.25) is 0 Å². The summed E-state index contributed by atoms with van der Waals surface area (Å²) in [5.74, 6) is 0. The molecule has 0 fully saturated rings. The Labute approximate surface area is 57.5 Å². The van der Waals surface area contributed by atoms with E-state index in [-0.39, 0.29) is 14.9 Å².